The van der Waals surface area contributed by atoms with Gasteiger partial charge in [-0.1, -0.05) is 6.07 Å². The number of carboxylic acid groups (broad SMARTS) is 1. The number of alkyl halides is 2. The molecule has 0 saturated carbocycles. The number of benzene rings is 1. The highest BCUT2D eigenvalue weighted by molar-refractivity contribution is 5.77. The Balaban J connectivity index is 3.30. The predicted octanol–water partition coefficient (Wildman–Crippen LogP) is 1.89. The van der Waals surface area contributed by atoms with Crippen LogP contribution in [0.2, 0.25) is 0 Å². The number of aliphatic carboxylic acids is 1. The molecule has 0 saturated heterocycles. The van der Waals surface area contributed by atoms with Crippen LogP contribution in [0, 0.1) is 11.6 Å². The van der Waals surface area contributed by atoms with Crippen LogP contribution in [0.3, 0.4) is 0 Å². The van der Waals surface area contributed by atoms with Gasteiger partial charge in [-0.05, 0) is 24.6 Å². The average Bonchev–Trinajstić information content (AvgIpc) is 2.21. The largest absolute Gasteiger partial charge is 0.477 e. The van der Waals surface area contributed by atoms with E-state index in [0.717, 1.165) is 0 Å². The van der Waals surface area contributed by atoms with Crippen LogP contribution in [-0.4, -0.2) is 22.1 Å². The van der Waals surface area contributed by atoms with E-state index in [9.17, 15) is 27.5 Å². The summed E-state index contributed by atoms with van der Waals surface area (Å²) in [4.78, 5) is 10.3. The second-order valence-corrected chi connectivity index (χ2v) is 3.58. The molecule has 7 heteroatoms. The van der Waals surface area contributed by atoms with Crippen molar-refractivity contribution < 1.29 is 32.6 Å². The standard InChI is InChI=1S/C10H8F4O3/c1-9(17,10(13,14)8(15)16)5-2-3-6(11)7(12)4-5/h2-4,17H,1H3,(H,15,16). The first-order valence-corrected chi connectivity index (χ1v) is 4.40. The van der Waals surface area contributed by atoms with Crippen molar-refractivity contribution in [2.45, 2.75) is 18.4 Å². The molecular formula is C10H8F4O3. The fourth-order valence-electron chi connectivity index (χ4n) is 1.19. The van der Waals surface area contributed by atoms with Gasteiger partial charge in [0.15, 0.2) is 17.2 Å². The first kappa shape index (κ1) is 13.4. The second-order valence-electron chi connectivity index (χ2n) is 3.58. The Labute approximate surface area is 93.3 Å². The molecule has 1 rings (SSSR count). The number of rotatable bonds is 3. The summed E-state index contributed by atoms with van der Waals surface area (Å²) >= 11 is 0. The first-order valence-electron chi connectivity index (χ1n) is 4.40. The zero-order chi connectivity index (χ0) is 13.4. The van der Waals surface area contributed by atoms with Gasteiger partial charge in [0, 0.05) is 0 Å². The molecule has 1 aromatic carbocycles. The molecule has 1 atom stereocenters. The fourth-order valence-corrected chi connectivity index (χ4v) is 1.19. The van der Waals surface area contributed by atoms with E-state index in [0.29, 0.717) is 25.1 Å². The fraction of sp³-hybridized carbons (Fsp3) is 0.300. The number of aliphatic hydroxyl groups is 1. The van der Waals surface area contributed by atoms with Gasteiger partial charge in [-0.2, -0.15) is 8.78 Å². The van der Waals surface area contributed by atoms with E-state index in [4.69, 9.17) is 5.11 Å². The van der Waals surface area contributed by atoms with Gasteiger partial charge < -0.3 is 10.2 Å². The summed E-state index contributed by atoms with van der Waals surface area (Å²) in [6.45, 7) is 0.508. The topological polar surface area (TPSA) is 57.5 Å². The van der Waals surface area contributed by atoms with Gasteiger partial charge >= 0.3 is 11.9 Å². The minimum Gasteiger partial charge on any atom is -0.477 e. The smallest absolute Gasteiger partial charge is 0.378 e. The first-order chi connectivity index (χ1) is 7.60. The summed E-state index contributed by atoms with van der Waals surface area (Å²) in [7, 11) is 0. The van der Waals surface area contributed by atoms with Crippen LogP contribution in [-0.2, 0) is 10.4 Å². The van der Waals surface area contributed by atoms with Crippen molar-refractivity contribution in [3.05, 3.63) is 35.4 Å². The van der Waals surface area contributed by atoms with E-state index in [-0.39, 0.29) is 0 Å². The SMILES string of the molecule is CC(O)(c1ccc(F)c(F)c1)C(F)(F)C(=O)O. The molecule has 3 nitrogen and oxygen atoms in total. The Hall–Kier alpha value is -1.63. The molecule has 0 fully saturated rings. The monoisotopic (exact) mass is 252 g/mol. The summed E-state index contributed by atoms with van der Waals surface area (Å²) in [5.74, 6) is -9.84. The van der Waals surface area contributed by atoms with Crippen molar-refractivity contribution in [2.24, 2.45) is 0 Å². The molecule has 0 aliphatic carbocycles. The minimum atomic E-state index is -4.53. The molecule has 0 spiro atoms. The van der Waals surface area contributed by atoms with Crippen LogP contribution in [0.4, 0.5) is 17.6 Å². The molecule has 1 unspecified atom stereocenters. The Morgan fingerprint density at radius 2 is 1.76 bits per heavy atom. The van der Waals surface area contributed by atoms with Crippen molar-refractivity contribution in [2.75, 3.05) is 0 Å². The molecule has 2 N–H and O–H groups in total. The lowest BCUT2D eigenvalue weighted by atomic mass is 9.89. The molecule has 0 radical (unpaired) electrons. The molecule has 94 valence electrons. The number of hydrogen-bond donors (Lipinski definition) is 2. The third-order valence-corrected chi connectivity index (χ3v) is 2.36. The van der Waals surface area contributed by atoms with E-state index in [1.165, 1.54) is 0 Å². The quantitative estimate of drug-likeness (QED) is 0.808. The zero-order valence-corrected chi connectivity index (χ0v) is 8.55. The third kappa shape index (κ3) is 2.10. The molecule has 0 bridgehead atoms. The summed E-state index contributed by atoms with van der Waals surface area (Å²) in [5.41, 5.74) is -3.88. The molecule has 0 heterocycles. The minimum absolute atomic E-state index is 0.326. The summed E-state index contributed by atoms with van der Waals surface area (Å²) < 4.78 is 51.8. The van der Waals surface area contributed by atoms with Crippen molar-refractivity contribution in [1.82, 2.24) is 0 Å². The summed E-state index contributed by atoms with van der Waals surface area (Å²) in [5, 5.41) is 17.8. The Kier molecular flexibility index (Phi) is 3.15. The van der Waals surface area contributed by atoms with Gasteiger partial charge in [0.05, 0.1) is 0 Å². The summed E-state index contributed by atoms with van der Waals surface area (Å²) in [6.07, 6.45) is 0. The van der Waals surface area contributed by atoms with Gasteiger partial charge in [-0.15, -0.1) is 0 Å². The molecule has 1 aromatic rings. The maximum atomic E-state index is 13.2. The van der Waals surface area contributed by atoms with Crippen molar-refractivity contribution >= 4 is 5.97 Å². The second kappa shape index (κ2) is 3.99. The van der Waals surface area contributed by atoms with E-state index in [2.05, 4.69) is 0 Å². The number of carboxylic acids is 1. The highest BCUT2D eigenvalue weighted by Crippen LogP contribution is 2.37. The third-order valence-electron chi connectivity index (χ3n) is 2.36. The molecule has 17 heavy (non-hydrogen) atoms. The van der Waals surface area contributed by atoms with Crippen LogP contribution in [0.1, 0.15) is 12.5 Å². The Morgan fingerprint density at radius 3 is 2.18 bits per heavy atom. The summed E-state index contributed by atoms with van der Waals surface area (Å²) in [6, 6.07) is 1.54. The number of hydrogen-bond acceptors (Lipinski definition) is 2. The van der Waals surface area contributed by atoms with E-state index >= 15 is 0 Å². The van der Waals surface area contributed by atoms with E-state index in [1.807, 2.05) is 0 Å². The molecule has 0 aliphatic rings. The van der Waals surface area contributed by atoms with Crippen LogP contribution >= 0.6 is 0 Å². The molecule has 0 aromatic heterocycles. The maximum absolute atomic E-state index is 13.2. The Morgan fingerprint density at radius 1 is 1.24 bits per heavy atom. The van der Waals surface area contributed by atoms with Gasteiger partial charge in [-0.25, -0.2) is 13.6 Å². The Bertz CT molecular complexity index is 457. The van der Waals surface area contributed by atoms with E-state index in [1.54, 1.807) is 0 Å². The lowest BCUT2D eigenvalue weighted by molar-refractivity contribution is -0.207. The van der Waals surface area contributed by atoms with Crippen LogP contribution in [0.5, 0.6) is 0 Å². The maximum Gasteiger partial charge on any atom is 0.378 e. The van der Waals surface area contributed by atoms with Crippen molar-refractivity contribution in [3.8, 4) is 0 Å². The molecule has 0 amide bonds. The highest BCUT2D eigenvalue weighted by atomic mass is 19.3. The van der Waals surface area contributed by atoms with Gasteiger partial charge in [-0.3, -0.25) is 0 Å². The van der Waals surface area contributed by atoms with Gasteiger partial charge in [0.2, 0.25) is 0 Å². The zero-order valence-electron chi connectivity index (χ0n) is 8.55. The van der Waals surface area contributed by atoms with Crippen LogP contribution in [0.25, 0.3) is 0 Å². The molecule has 0 aliphatic heterocycles. The molecular weight excluding hydrogens is 244 g/mol. The van der Waals surface area contributed by atoms with E-state index < -0.39 is 34.7 Å². The van der Waals surface area contributed by atoms with Crippen LogP contribution < -0.4 is 0 Å². The number of carbonyl (C=O) groups is 1. The van der Waals surface area contributed by atoms with Gasteiger partial charge in [0.25, 0.3) is 0 Å². The van der Waals surface area contributed by atoms with Crippen LogP contribution in [0.15, 0.2) is 18.2 Å². The highest BCUT2D eigenvalue weighted by Gasteiger charge is 2.57. The normalized spacial score (nSPS) is 15.4. The number of halogens is 4. The average molecular weight is 252 g/mol. The predicted molar refractivity (Wildman–Crippen MR) is 48.5 cm³/mol. The lowest BCUT2D eigenvalue weighted by Crippen LogP contribution is -2.48. The van der Waals surface area contributed by atoms with Crippen molar-refractivity contribution in [3.63, 3.8) is 0 Å². The van der Waals surface area contributed by atoms with Gasteiger partial charge in [0.1, 0.15) is 0 Å². The van der Waals surface area contributed by atoms with Crippen molar-refractivity contribution in [1.29, 1.82) is 0 Å². The lowest BCUT2D eigenvalue weighted by Gasteiger charge is -2.29.